The number of benzene rings is 2. The van der Waals surface area contributed by atoms with Crippen molar-refractivity contribution in [3.63, 3.8) is 0 Å². The average molecular weight is 278 g/mol. The van der Waals surface area contributed by atoms with Gasteiger partial charge in [-0.15, -0.1) is 10.2 Å². The van der Waals surface area contributed by atoms with Crippen molar-refractivity contribution in [2.75, 3.05) is 5.32 Å². The summed E-state index contributed by atoms with van der Waals surface area (Å²) in [5.41, 5.74) is 4.67. The van der Waals surface area contributed by atoms with Crippen molar-refractivity contribution in [2.45, 2.75) is 13.5 Å². The van der Waals surface area contributed by atoms with Gasteiger partial charge in [0.1, 0.15) is 6.33 Å². The molecular weight excluding hydrogens is 260 g/mol. The maximum absolute atomic E-state index is 4.19. The number of aromatic nitrogens is 3. The molecule has 3 rings (SSSR count). The molecule has 0 fully saturated rings. The molecule has 0 bridgehead atoms. The van der Waals surface area contributed by atoms with E-state index in [0.29, 0.717) is 0 Å². The summed E-state index contributed by atoms with van der Waals surface area (Å²) in [7, 11) is 1.95. The van der Waals surface area contributed by atoms with Gasteiger partial charge in [-0.25, -0.2) is 0 Å². The van der Waals surface area contributed by atoms with Crippen LogP contribution < -0.4 is 5.32 Å². The second-order valence-corrected chi connectivity index (χ2v) is 5.15. The number of aryl methyl sites for hydroxylation is 2. The van der Waals surface area contributed by atoms with Gasteiger partial charge in [0.05, 0.1) is 0 Å². The third kappa shape index (κ3) is 2.94. The molecule has 0 saturated carbocycles. The van der Waals surface area contributed by atoms with Crippen molar-refractivity contribution in [1.29, 1.82) is 0 Å². The summed E-state index contributed by atoms with van der Waals surface area (Å²) in [4.78, 5) is 0. The van der Waals surface area contributed by atoms with Crippen LogP contribution in [0.1, 0.15) is 11.1 Å². The lowest BCUT2D eigenvalue weighted by molar-refractivity contribution is 0.919. The van der Waals surface area contributed by atoms with E-state index in [1.807, 2.05) is 23.7 Å². The van der Waals surface area contributed by atoms with Crippen molar-refractivity contribution in [3.05, 3.63) is 66.0 Å². The van der Waals surface area contributed by atoms with E-state index in [2.05, 4.69) is 58.8 Å². The molecule has 0 unspecified atom stereocenters. The molecular formula is C17H18N4. The van der Waals surface area contributed by atoms with E-state index in [1.165, 1.54) is 11.1 Å². The molecule has 1 heterocycles. The van der Waals surface area contributed by atoms with Crippen molar-refractivity contribution in [3.8, 4) is 11.4 Å². The predicted octanol–water partition coefficient (Wildman–Crippen LogP) is 3.40. The van der Waals surface area contributed by atoms with Crippen molar-refractivity contribution < 1.29 is 0 Å². The second kappa shape index (κ2) is 5.79. The first-order valence-corrected chi connectivity index (χ1v) is 6.97. The number of para-hydroxylation sites is 1. The van der Waals surface area contributed by atoms with Gasteiger partial charge in [-0.1, -0.05) is 42.0 Å². The van der Waals surface area contributed by atoms with Gasteiger partial charge in [-0.05, 0) is 24.6 Å². The molecule has 0 radical (unpaired) electrons. The van der Waals surface area contributed by atoms with Gasteiger partial charge in [0.15, 0.2) is 5.82 Å². The van der Waals surface area contributed by atoms with Crippen LogP contribution in [0, 0.1) is 6.92 Å². The Morgan fingerprint density at radius 3 is 2.71 bits per heavy atom. The van der Waals surface area contributed by atoms with Crippen LogP contribution in [-0.2, 0) is 13.6 Å². The highest BCUT2D eigenvalue weighted by Crippen LogP contribution is 2.26. The molecule has 21 heavy (non-hydrogen) atoms. The first-order chi connectivity index (χ1) is 10.2. The SMILES string of the molecule is Cc1cccc(CNc2ccccc2-c2nncn2C)c1. The fraction of sp³-hybridized carbons (Fsp3) is 0.176. The molecule has 0 atom stereocenters. The Balaban J connectivity index is 1.85. The second-order valence-electron chi connectivity index (χ2n) is 5.15. The van der Waals surface area contributed by atoms with Crippen molar-refractivity contribution in [2.24, 2.45) is 7.05 Å². The van der Waals surface area contributed by atoms with Crippen LogP contribution in [0.25, 0.3) is 11.4 Å². The Hall–Kier alpha value is -2.62. The number of hydrogen-bond acceptors (Lipinski definition) is 3. The number of rotatable bonds is 4. The quantitative estimate of drug-likeness (QED) is 0.795. The van der Waals surface area contributed by atoms with Crippen LogP contribution >= 0.6 is 0 Å². The van der Waals surface area contributed by atoms with E-state index in [0.717, 1.165) is 23.6 Å². The third-order valence-corrected chi connectivity index (χ3v) is 3.44. The molecule has 3 aromatic rings. The minimum Gasteiger partial charge on any atom is -0.380 e. The zero-order valence-electron chi connectivity index (χ0n) is 12.2. The molecule has 106 valence electrons. The molecule has 0 amide bonds. The molecule has 1 aromatic heterocycles. The van der Waals surface area contributed by atoms with Gasteiger partial charge >= 0.3 is 0 Å². The molecule has 0 aliphatic heterocycles. The summed E-state index contributed by atoms with van der Waals surface area (Å²) in [5, 5.41) is 11.6. The largest absolute Gasteiger partial charge is 0.380 e. The Bertz CT molecular complexity index is 746. The van der Waals surface area contributed by atoms with E-state index in [4.69, 9.17) is 0 Å². The Morgan fingerprint density at radius 1 is 1.10 bits per heavy atom. The van der Waals surface area contributed by atoms with Crippen LogP contribution in [0.3, 0.4) is 0 Å². The number of nitrogens with zero attached hydrogens (tertiary/aromatic N) is 3. The topological polar surface area (TPSA) is 42.7 Å². The van der Waals surface area contributed by atoms with Crippen LogP contribution in [0.15, 0.2) is 54.9 Å². The summed E-state index contributed by atoms with van der Waals surface area (Å²) in [6.07, 6.45) is 1.71. The summed E-state index contributed by atoms with van der Waals surface area (Å²) in [5.74, 6) is 0.863. The lowest BCUT2D eigenvalue weighted by Gasteiger charge is -2.12. The maximum atomic E-state index is 4.19. The average Bonchev–Trinajstić information content (AvgIpc) is 2.91. The lowest BCUT2D eigenvalue weighted by atomic mass is 10.1. The highest BCUT2D eigenvalue weighted by molar-refractivity contribution is 5.73. The molecule has 0 saturated heterocycles. The van der Waals surface area contributed by atoms with Gasteiger partial charge in [-0.2, -0.15) is 0 Å². The molecule has 4 heteroatoms. The van der Waals surface area contributed by atoms with E-state index in [1.54, 1.807) is 6.33 Å². The molecule has 0 aliphatic carbocycles. The first kappa shape index (κ1) is 13.4. The van der Waals surface area contributed by atoms with Crippen molar-refractivity contribution >= 4 is 5.69 Å². The van der Waals surface area contributed by atoms with E-state index in [-0.39, 0.29) is 0 Å². The van der Waals surface area contributed by atoms with Crippen LogP contribution in [0.2, 0.25) is 0 Å². The van der Waals surface area contributed by atoms with E-state index in [9.17, 15) is 0 Å². The molecule has 1 N–H and O–H groups in total. The van der Waals surface area contributed by atoms with E-state index >= 15 is 0 Å². The Morgan fingerprint density at radius 2 is 1.95 bits per heavy atom. The molecule has 4 nitrogen and oxygen atoms in total. The summed E-state index contributed by atoms with van der Waals surface area (Å²) < 4.78 is 1.92. The molecule has 0 spiro atoms. The minimum absolute atomic E-state index is 0.788. The van der Waals surface area contributed by atoms with Gasteiger partial charge in [0.2, 0.25) is 0 Å². The molecule has 0 aliphatic rings. The Labute approximate surface area is 124 Å². The zero-order valence-corrected chi connectivity index (χ0v) is 12.2. The highest BCUT2D eigenvalue weighted by Gasteiger charge is 2.09. The third-order valence-electron chi connectivity index (χ3n) is 3.44. The van der Waals surface area contributed by atoms with Crippen LogP contribution in [-0.4, -0.2) is 14.8 Å². The van der Waals surface area contributed by atoms with Crippen molar-refractivity contribution in [1.82, 2.24) is 14.8 Å². The summed E-state index contributed by atoms with van der Waals surface area (Å²) in [6, 6.07) is 16.7. The minimum atomic E-state index is 0.788. The summed E-state index contributed by atoms with van der Waals surface area (Å²) in [6.45, 7) is 2.90. The number of anilines is 1. The Kier molecular flexibility index (Phi) is 3.69. The zero-order chi connectivity index (χ0) is 14.7. The first-order valence-electron chi connectivity index (χ1n) is 6.97. The van der Waals surface area contributed by atoms with Gasteiger partial charge in [0.25, 0.3) is 0 Å². The number of nitrogens with one attached hydrogen (secondary N) is 1. The van der Waals surface area contributed by atoms with Crippen LogP contribution in [0.5, 0.6) is 0 Å². The van der Waals surface area contributed by atoms with Gasteiger partial charge in [-0.3, -0.25) is 0 Å². The number of hydrogen-bond donors (Lipinski definition) is 1. The normalized spacial score (nSPS) is 10.6. The summed E-state index contributed by atoms with van der Waals surface area (Å²) >= 11 is 0. The fourth-order valence-electron chi connectivity index (χ4n) is 2.38. The van der Waals surface area contributed by atoms with Crippen LogP contribution in [0.4, 0.5) is 5.69 Å². The predicted molar refractivity (Wildman–Crippen MR) is 84.9 cm³/mol. The van der Waals surface area contributed by atoms with Gasteiger partial charge < -0.3 is 9.88 Å². The van der Waals surface area contributed by atoms with Gasteiger partial charge in [0, 0.05) is 24.8 Å². The van der Waals surface area contributed by atoms with E-state index < -0.39 is 0 Å². The standard InChI is InChI=1S/C17H18N4/c1-13-6-5-7-14(10-13)11-18-16-9-4-3-8-15(16)17-20-19-12-21(17)2/h3-10,12,18H,11H2,1-2H3. The lowest BCUT2D eigenvalue weighted by Crippen LogP contribution is -2.02. The fourth-order valence-corrected chi connectivity index (χ4v) is 2.38. The smallest absolute Gasteiger partial charge is 0.165 e. The highest BCUT2D eigenvalue weighted by atomic mass is 15.2. The monoisotopic (exact) mass is 278 g/mol. The maximum Gasteiger partial charge on any atom is 0.165 e. The molecule has 2 aromatic carbocycles.